The van der Waals surface area contributed by atoms with E-state index in [0.29, 0.717) is 12.2 Å². The van der Waals surface area contributed by atoms with Gasteiger partial charge in [-0.15, -0.1) is 0 Å². The Morgan fingerprint density at radius 3 is 2.02 bits per heavy atom. The lowest BCUT2D eigenvalue weighted by Crippen LogP contribution is -2.33. The molecule has 0 saturated heterocycles. The molecule has 238 valence electrons. The molecule has 2 heterocycles. The summed E-state index contributed by atoms with van der Waals surface area (Å²) in [4.78, 5) is 10.1. The Balaban J connectivity index is 1.16. The first kappa shape index (κ1) is 29.6. The van der Waals surface area contributed by atoms with Crippen LogP contribution in [-0.2, 0) is 12.0 Å². The molecule has 7 aromatic rings. The SMILES string of the molecule is N/C(=C\C(=NCc1ccccc1)c1ccccc1)c1cccc(-c2ccc3c(c2)C2(c4ccccc4Oc4ccccc42)c2ncccc2-3)c1. The molecular formula is C46H33N3O. The van der Waals surface area contributed by atoms with Crippen LogP contribution in [0.4, 0.5) is 0 Å². The summed E-state index contributed by atoms with van der Waals surface area (Å²) in [5.41, 5.74) is 19.8. The molecule has 4 heteroatoms. The van der Waals surface area contributed by atoms with Crippen LogP contribution in [0.3, 0.4) is 0 Å². The highest BCUT2D eigenvalue weighted by atomic mass is 16.5. The van der Waals surface area contributed by atoms with Crippen molar-refractivity contribution >= 4 is 11.4 Å². The predicted octanol–water partition coefficient (Wildman–Crippen LogP) is 10.2. The van der Waals surface area contributed by atoms with Gasteiger partial charge in [0.25, 0.3) is 0 Å². The van der Waals surface area contributed by atoms with E-state index in [9.17, 15) is 0 Å². The molecule has 1 spiro atoms. The zero-order chi connectivity index (χ0) is 33.5. The van der Waals surface area contributed by atoms with E-state index in [1.54, 1.807) is 0 Å². The molecule has 0 bridgehead atoms. The van der Waals surface area contributed by atoms with Gasteiger partial charge in [0.15, 0.2) is 0 Å². The third kappa shape index (κ3) is 4.84. The van der Waals surface area contributed by atoms with Gasteiger partial charge in [-0.1, -0.05) is 133 Å². The smallest absolute Gasteiger partial charge is 0.132 e. The van der Waals surface area contributed by atoms with Crippen LogP contribution in [0.1, 0.15) is 39.1 Å². The zero-order valence-corrected chi connectivity index (χ0v) is 27.3. The number of aromatic nitrogens is 1. The van der Waals surface area contributed by atoms with Crippen LogP contribution in [0.25, 0.3) is 28.0 Å². The molecule has 0 fully saturated rings. The lowest BCUT2D eigenvalue weighted by atomic mass is 9.67. The van der Waals surface area contributed by atoms with Crippen LogP contribution < -0.4 is 10.5 Å². The fourth-order valence-corrected chi connectivity index (χ4v) is 7.56. The first-order chi connectivity index (χ1) is 24.7. The summed E-state index contributed by atoms with van der Waals surface area (Å²) in [7, 11) is 0. The number of nitrogens with zero attached hydrogens (tertiary/aromatic N) is 2. The van der Waals surface area contributed by atoms with Crippen molar-refractivity contribution in [2.24, 2.45) is 10.7 Å². The van der Waals surface area contributed by atoms with Gasteiger partial charge < -0.3 is 10.5 Å². The number of nitrogens with two attached hydrogens (primary N) is 1. The van der Waals surface area contributed by atoms with Crippen molar-refractivity contribution in [3.8, 4) is 33.8 Å². The molecular weight excluding hydrogens is 611 g/mol. The number of benzene rings is 6. The summed E-state index contributed by atoms with van der Waals surface area (Å²) in [6.45, 7) is 0.570. The second kappa shape index (κ2) is 12.2. The highest BCUT2D eigenvalue weighted by Crippen LogP contribution is 2.61. The monoisotopic (exact) mass is 643 g/mol. The molecule has 0 atom stereocenters. The van der Waals surface area contributed by atoms with Gasteiger partial charge in [0.05, 0.1) is 23.4 Å². The molecule has 0 radical (unpaired) electrons. The number of pyridine rings is 1. The van der Waals surface area contributed by atoms with Gasteiger partial charge in [-0.2, -0.15) is 0 Å². The fraction of sp³-hybridized carbons (Fsp3) is 0.0435. The quantitative estimate of drug-likeness (QED) is 0.184. The molecule has 2 aliphatic rings. The number of aliphatic imine (C=N–C) groups is 1. The Kier molecular flexibility index (Phi) is 7.21. The second-order valence-corrected chi connectivity index (χ2v) is 12.7. The van der Waals surface area contributed by atoms with Crippen molar-refractivity contribution in [1.82, 2.24) is 4.98 Å². The third-order valence-corrected chi connectivity index (χ3v) is 9.84. The maximum Gasteiger partial charge on any atom is 0.132 e. The van der Waals surface area contributed by atoms with Gasteiger partial charge in [-0.3, -0.25) is 9.98 Å². The van der Waals surface area contributed by atoms with Crippen molar-refractivity contribution in [2.75, 3.05) is 0 Å². The first-order valence-electron chi connectivity index (χ1n) is 16.9. The van der Waals surface area contributed by atoms with E-state index in [0.717, 1.165) is 67.4 Å². The minimum Gasteiger partial charge on any atom is -0.457 e. The zero-order valence-electron chi connectivity index (χ0n) is 27.3. The van der Waals surface area contributed by atoms with Gasteiger partial charge >= 0.3 is 0 Å². The number of fused-ring (bicyclic) bond motifs is 9. The summed E-state index contributed by atoms with van der Waals surface area (Å²) < 4.78 is 6.50. The Morgan fingerprint density at radius 2 is 1.26 bits per heavy atom. The molecule has 50 heavy (non-hydrogen) atoms. The predicted molar refractivity (Wildman–Crippen MR) is 202 cm³/mol. The van der Waals surface area contributed by atoms with Crippen molar-refractivity contribution < 1.29 is 4.74 Å². The van der Waals surface area contributed by atoms with E-state index < -0.39 is 5.41 Å². The molecule has 1 aliphatic carbocycles. The highest BCUT2D eigenvalue weighted by Gasteiger charge is 2.52. The third-order valence-electron chi connectivity index (χ3n) is 9.84. The summed E-state index contributed by atoms with van der Waals surface area (Å²) in [6, 6.07) is 56.7. The highest BCUT2D eigenvalue weighted by molar-refractivity contribution is 6.12. The Bertz CT molecular complexity index is 2400. The van der Waals surface area contributed by atoms with Crippen LogP contribution in [0.2, 0.25) is 0 Å². The molecule has 6 aromatic carbocycles. The molecule has 4 nitrogen and oxygen atoms in total. The minimum atomic E-state index is -0.621. The molecule has 0 saturated carbocycles. The van der Waals surface area contributed by atoms with Crippen molar-refractivity contribution in [2.45, 2.75) is 12.0 Å². The topological polar surface area (TPSA) is 60.5 Å². The van der Waals surface area contributed by atoms with Crippen molar-refractivity contribution in [3.63, 3.8) is 0 Å². The van der Waals surface area contributed by atoms with Gasteiger partial charge in [0, 0.05) is 28.6 Å². The lowest BCUT2D eigenvalue weighted by Gasteiger charge is -2.38. The summed E-state index contributed by atoms with van der Waals surface area (Å²) in [5.74, 6) is 1.70. The van der Waals surface area contributed by atoms with Crippen LogP contribution in [0, 0.1) is 0 Å². The van der Waals surface area contributed by atoms with E-state index in [4.69, 9.17) is 20.4 Å². The van der Waals surface area contributed by atoms with E-state index in [-0.39, 0.29) is 0 Å². The van der Waals surface area contributed by atoms with E-state index in [1.807, 2.05) is 66.9 Å². The normalized spacial score (nSPS) is 13.9. The largest absolute Gasteiger partial charge is 0.457 e. The summed E-state index contributed by atoms with van der Waals surface area (Å²) >= 11 is 0. The molecule has 0 unspecified atom stereocenters. The van der Waals surface area contributed by atoms with Gasteiger partial charge in [-0.05, 0) is 75.4 Å². The van der Waals surface area contributed by atoms with Crippen molar-refractivity contribution in [3.05, 3.63) is 215 Å². The van der Waals surface area contributed by atoms with Crippen molar-refractivity contribution in [1.29, 1.82) is 0 Å². The van der Waals surface area contributed by atoms with Gasteiger partial charge in [0.1, 0.15) is 11.5 Å². The molecule has 2 N–H and O–H groups in total. The Labute approximate surface area is 291 Å². The minimum absolute atomic E-state index is 0.570. The van der Waals surface area contributed by atoms with Crippen LogP contribution in [0.5, 0.6) is 11.5 Å². The van der Waals surface area contributed by atoms with Gasteiger partial charge in [-0.25, -0.2) is 0 Å². The molecule has 1 aliphatic heterocycles. The average Bonchev–Trinajstić information content (AvgIpc) is 3.47. The standard InChI is InChI=1S/C46H33N3O/c47-41(29-42(32-15-5-2-6-16-32)49-30-31-13-3-1-4-14-31)35-18-11-17-33(27-35)34-24-25-36-37-19-12-26-48-45(37)46(40(36)28-34)38-20-7-9-22-43(38)50-44-23-10-8-21-39(44)46/h1-29H,30,47H2/b41-29-,49-42?. The first-order valence-corrected chi connectivity index (χ1v) is 16.9. The van der Waals surface area contributed by atoms with Crippen LogP contribution in [-0.4, -0.2) is 10.7 Å². The summed E-state index contributed by atoms with van der Waals surface area (Å²) in [5, 5.41) is 0. The number of allylic oxidation sites excluding steroid dienone is 1. The fourth-order valence-electron chi connectivity index (χ4n) is 7.56. The van der Waals surface area contributed by atoms with E-state index in [2.05, 4.69) is 109 Å². The Hall–Kier alpha value is -6.52. The number of para-hydroxylation sites is 2. The van der Waals surface area contributed by atoms with E-state index >= 15 is 0 Å². The number of hydrogen-bond donors (Lipinski definition) is 1. The van der Waals surface area contributed by atoms with E-state index in [1.165, 1.54) is 11.1 Å². The number of rotatable bonds is 6. The molecule has 0 amide bonds. The van der Waals surface area contributed by atoms with Gasteiger partial charge in [0.2, 0.25) is 0 Å². The Morgan fingerprint density at radius 1 is 0.600 bits per heavy atom. The number of ether oxygens (including phenoxy) is 1. The molecule has 9 rings (SSSR count). The van der Waals surface area contributed by atoms with Crippen LogP contribution >= 0.6 is 0 Å². The van der Waals surface area contributed by atoms with Crippen LogP contribution in [0.15, 0.2) is 181 Å². The maximum atomic E-state index is 6.87. The second-order valence-electron chi connectivity index (χ2n) is 12.7. The maximum absolute atomic E-state index is 6.87. The summed E-state index contributed by atoms with van der Waals surface area (Å²) in [6.07, 6.45) is 3.90. The average molecular weight is 644 g/mol. The number of hydrogen-bond acceptors (Lipinski definition) is 4. The lowest BCUT2D eigenvalue weighted by molar-refractivity contribution is 0.434. The molecule has 1 aromatic heterocycles.